The molecule has 0 radical (unpaired) electrons. The molecule has 0 spiro atoms. The third kappa shape index (κ3) is 3.60. The molecule has 2 aromatic carbocycles. The molecule has 3 aromatic rings. The number of carbonyl (C=O) groups excluding carboxylic acids is 1. The Morgan fingerprint density at radius 3 is 2.82 bits per heavy atom. The molecule has 1 aliphatic heterocycles. The molecule has 142 valence electrons. The van der Waals surface area contributed by atoms with Gasteiger partial charge in [0.15, 0.2) is 5.17 Å². The van der Waals surface area contributed by atoms with Crippen LogP contribution in [-0.2, 0) is 0 Å². The fraction of sp³-hybridized carbons (Fsp3) is 0.227. The van der Waals surface area contributed by atoms with Gasteiger partial charge in [-0.2, -0.15) is 0 Å². The minimum absolute atomic E-state index is 0.0452. The summed E-state index contributed by atoms with van der Waals surface area (Å²) < 4.78 is 5.67. The zero-order valence-electron chi connectivity index (χ0n) is 15.8. The summed E-state index contributed by atoms with van der Waals surface area (Å²) in [6.07, 6.45) is 0. The lowest BCUT2D eigenvalue weighted by Gasteiger charge is -2.21. The molecule has 1 saturated heterocycles. The number of amides is 1. The minimum Gasteiger partial charge on any atom is -0.492 e. The van der Waals surface area contributed by atoms with E-state index in [2.05, 4.69) is 4.98 Å². The first-order valence-corrected chi connectivity index (χ1v) is 10.3. The number of amidine groups is 1. The standard InChI is InChI=1S/C22H21N3O2S/c1-3-27-20-11-7-6-10-18(20)24-22-25(15(2)14-28-22)21(26)19-13-12-16-8-4-5-9-17(16)23-19/h4-13,15H,3,14H2,1-2H3. The van der Waals surface area contributed by atoms with E-state index in [9.17, 15) is 4.79 Å². The van der Waals surface area contributed by atoms with E-state index >= 15 is 0 Å². The number of thioether (sulfide) groups is 1. The molecule has 5 nitrogen and oxygen atoms in total. The van der Waals surface area contributed by atoms with Gasteiger partial charge in [-0.15, -0.1) is 0 Å². The van der Waals surface area contributed by atoms with Crippen LogP contribution in [0.2, 0.25) is 0 Å². The number of aliphatic imine (C=N–C) groups is 1. The first-order chi connectivity index (χ1) is 13.7. The van der Waals surface area contributed by atoms with Gasteiger partial charge in [0, 0.05) is 17.2 Å². The molecule has 1 fully saturated rings. The van der Waals surface area contributed by atoms with E-state index in [0.29, 0.717) is 23.2 Å². The number of ether oxygens (including phenoxy) is 1. The summed E-state index contributed by atoms with van der Waals surface area (Å²) in [6.45, 7) is 4.54. The Morgan fingerprint density at radius 2 is 1.96 bits per heavy atom. The number of rotatable bonds is 4. The van der Waals surface area contributed by atoms with E-state index in [1.54, 1.807) is 22.7 Å². The van der Waals surface area contributed by atoms with Crippen LogP contribution in [0.5, 0.6) is 5.75 Å². The SMILES string of the molecule is CCOc1ccccc1N=C1SCC(C)N1C(=O)c1ccc2ccccc2n1. The predicted molar refractivity (Wildman–Crippen MR) is 115 cm³/mol. The van der Waals surface area contributed by atoms with Crippen molar-refractivity contribution in [2.45, 2.75) is 19.9 Å². The molecule has 4 rings (SSSR count). The molecule has 0 aliphatic carbocycles. The summed E-state index contributed by atoms with van der Waals surface area (Å²) in [6, 6.07) is 19.2. The molecule has 1 unspecified atom stereocenters. The second-order valence-corrected chi connectivity index (χ2v) is 7.51. The third-order valence-corrected chi connectivity index (χ3v) is 5.71. The molecule has 1 aromatic heterocycles. The highest BCUT2D eigenvalue weighted by Crippen LogP contribution is 2.33. The van der Waals surface area contributed by atoms with Crippen LogP contribution >= 0.6 is 11.8 Å². The number of pyridine rings is 1. The van der Waals surface area contributed by atoms with Gasteiger partial charge in [0.25, 0.3) is 5.91 Å². The Morgan fingerprint density at radius 1 is 1.18 bits per heavy atom. The van der Waals surface area contributed by atoms with Crippen molar-refractivity contribution in [1.29, 1.82) is 0 Å². The number of nitrogens with zero attached hydrogens (tertiary/aromatic N) is 3. The number of benzene rings is 2. The van der Waals surface area contributed by atoms with Crippen LogP contribution in [0.3, 0.4) is 0 Å². The van der Waals surface area contributed by atoms with Crippen LogP contribution in [0, 0.1) is 0 Å². The van der Waals surface area contributed by atoms with Gasteiger partial charge in [0.1, 0.15) is 17.1 Å². The zero-order valence-corrected chi connectivity index (χ0v) is 16.6. The van der Waals surface area contributed by atoms with Gasteiger partial charge < -0.3 is 4.74 Å². The number of aromatic nitrogens is 1. The van der Waals surface area contributed by atoms with Gasteiger partial charge in [-0.3, -0.25) is 9.69 Å². The molecular weight excluding hydrogens is 370 g/mol. The van der Waals surface area contributed by atoms with Gasteiger partial charge in [0.2, 0.25) is 0 Å². The van der Waals surface area contributed by atoms with Gasteiger partial charge in [-0.05, 0) is 38.1 Å². The Labute approximate surface area is 168 Å². The molecule has 1 atom stereocenters. The van der Waals surface area contributed by atoms with E-state index in [1.165, 1.54) is 0 Å². The summed E-state index contributed by atoms with van der Waals surface area (Å²) in [7, 11) is 0. The Hall–Kier alpha value is -2.86. The van der Waals surface area contributed by atoms with Crippen molar-refractivity contribution in [2.75, 3.05) is 12.4 Å². The van der Waals surface area contributed by atoms with Gasteiger partial charge in [-0.1, -0.05) is 48.2 Å². The summed E-state index contributed by atoms with van der Waals surface area (Å²) in [4.78, 5) is 24.3. The van der Waals surface area contributed by atoms with Gasteiger partial charge in [-0.25, -0.2) is 9.98 Å². The molecule has 2 heterocycles. The van der Waals surface area contributed by atoms with Crippen molar-refractivity contribution in [3.63, 3.8) is 0 Å². The minimum atomic E-state index is -0.129. The zero-order chi connectivity index (χ0) is 19.5. The first-order valence-electron chi connectivity index (χ1n) is 9.30. The number of hydrogen-bond acceptors (Lipinski definition) is 5. The molecule has 0 N–H and O–H groups in total. The normalized spacial score (nSPS) is 18.0. The van der Waals surface area contributed by atoms with Crippen LogP contribution in [0.15, 0.2) is 65.7 Å². The molecular formula is C22H21N3O2S. The fourth-order valence-electron chi connectivity index (χ4n) is 3.14. The smallest absolute Gasteiger partial charge is 0.278 e. The maximum atomic E-state index is 13.3. The van der Waals surface area contributed by atoms with Crippen molar-refractivity contribution < 1.29 is 9.53 Å². The Balaban J connectivity index is 1.69. The molecule has 28 heavy (non-hydrogen) atoms. The first kappa shape index (κ1) is 18.5. The summed E-state index contributed by atoms with van der Waals surface area (Å²) in [5.74, 6) is 1.39. The second kappa shape index (κ2) is 8.02. The fourth-order valence-corrected chi connectivity index (χ4v) is 4.24. The van der Waals surface area contributed by atoms with Crippen molar-refractivity contribution >= 4 is 39.4 Å². The number of para-hydroxylation sites is 3. The summed E-state index contributed by atoms with van der Waals surface area (Å²) >= 11 is 1.58. The third-order valence-electron chi connectivity index (χ3n) is 4.52. The van der Waals surface area contributed by atoms with E-state index in [-0.39, 0.29) is 11.9 Å². The van der Waals surface area contributed by atoms with E-state index in [1.807, 2.05) is 68.4 Å². The number of fused-ring (bicyclic) bond motifs is 1. The van der Waals surface area contributed by atoms with Crippen molar-refractivity contribution in [2.24, 2.45) is 4.99 Å². The summed E-state index contributed by atoms with van der Waals surface area (Å²) in [5.41, 5.74) is 1.97. The number of carbonyl (C=O) groups is 1. The highest BCUT2D eigenvalue weighted by molar-refractivity contribution is 8.14. The maximum absolute atomic E-state index is 13.3. The lowest BCUT2D eigenvalue weighted by molar-refractivity contribution is 0.0823. The maximum Gasteiger partial charge on any atom is 0.278 e. The highest BCUT2D eigenvalue weighted by Gasteiger charge is 2.33. The van der Waals surface area contributed by atoms with E-state index in [4.69, 9.17) is 9.73 Å². The second-order valence-electron chi connectivity index (χ2n) is 6.52. The topological polar surface area (TPSA) is 54.8 Å². The van der Waals surface area contributed by atoms with Gasteiger partial charge >= 0.3 is 0 Å². The predicted octanol–water partition coefficient (Wildman–Crippen LogP) is 4.90. The van der Waals surface area contributed by atoms with Crippen LogP contribution < -0.4 is 4.74 Å². The highest BCUT2D eigenvalue weighted by atomic mass is 32.2. The molecule has 0 bridgehead atoms. The van der Waals surface area contributed by atoms with Crippen LogP contribution in [0.4, 0.5) is 5.69 Å². The lowest BCUT2D eigenvalue weighted by Crippen LogP contribution is -2.38. The van der Waals surface area contributed by atoms with Crippen molar-refractivity contribution in [3.8, 4) is 5.75 Å². The van der Waals surface area contributed by atoms with Crippen molar-refractivity contribution in [3.05, 3.63) is 66.4 Å². The van der Waals surface area contributed by atoms with E-state index in [0.717, 1.165) is 22.3 Å². The quantitative estimate of drug-likeness (QED) is 0.635. The van der Waals surface area contributed by atoms with Crippen LogP contribution in [0.1, 0.15) is 24.3 Å². The average Bonchev–Trinajstić information content (AvgIpc) is 3.08. The number of hydrogen-bond donors (Lipinski definition) is 0. The average molecular weight is 391 g/mol. The van der Waals surface area contributed by atoms with E-state index < -0.39 is 0 Å². The molecule has 0 saturated carbocycles. The Bertz CT molecular complexity index is 1050. The summed E-state index contributed by atoms with van der Waals surface area (Å²) in [5, 5.41) is 1.70. The van der Waals surface area contributed by atoms with Gasteiger partial charge in [0.05, 0.1) is 12.1 Å². The molecule has 1 aliphatic rings. The lowest BCUT2D eigenvalue weighted by atomic mass is 10.2. The monoisotopic (exact) mass is 391 g/mol. The largest absolute Gasteiger partial charge is 0.492 e. The molecule has 1 amide bonds. The van der Waals surface area contributed by atoms with Crippen molar-refractivity contribution in [1.82, 2.24) is 9.88 Å². The van der Waals surface area contributed by atoms with Crippen LogP contribution in [-0.4, -0.2) is 39.4 Å². The molecule has 6 heteroatoms. The van der Waals surface area contributed by atoms with Crippen LogP contribution in [0.25, 0.3) is 10.9 Å². The Kier molecular flexibility index (Phi) is 5.30.